The zero-order chi connectivity index (χ0) is 13.0. The van der Waals surface area contributed by atoms with Gasteiger partial charge in [-0.15, -0.1) is 0 Å². The highest BCUT2D eigenvalue weighted by Gasteiger charge is 2.25. The number of hydrogen-bond donors (Lipinski definition) is 1. The highest BCUT2D eigenvalue weighted by atomic mass is 35.5. The third kappa shape index (κ3) is 2.95. The van der Waals surface area contributed by atoms with Crippen LogP contribution in [0, 0.1) is 17.2 Å². The van der Waals surface area contributed by atoms with Gasteiger partial charge in [-0.2, -0.15) is 5.26 Å². The second-order valence-corrected chi connectivity index (χ2v) is 5.10. The normalized spacial score (nSPS) is 23.4. The van der Waals surface area contributed by atoms with Gasteiger partial charge in [0.05, 0.1) is 10.6 Å². The Morgan fingerprint density at radius 2 is 2.17 bits per heavy atom. The monoisotopic (exact) mass is 264 g/mol. The molecule has 2 unspecified atom stereocenters. The molecule has 2 N–H and O–H groups in total. The van der Waals surface area contributed by atoms with E-state index in [1.807, 2.05) is 6.07 Å². The van der Waals surface area contributed by atoms with Crippen molar-refractivity contribution in [2.45, 2.75) is 31.8 Å². The smallest absolute Gasteiger partial charge is 0.121 e. The summed E-state index contributed by atoms with van der Waals surface area (Å²) in [6, 6.07) is 7.24. The Balaban J connectivity index is 2.08. The third-order valence-electron chi connectivity index (χ3n) is 3.49. The van der Waals surface area contributed by atoms with Crippen molar-refractivity contribution in [3.63, 3.8) is 0 Å². The van der Waals surface area contributed by atoms with Gasteiger partial charge in [-0.3, -0.25) is 0 Å². The van der Waals surface area contributed by atoms with Gasteiger partial charge in [0.2, 0.25) is 0 Å². The van der Waals surface area contributed by atoms with Crippen molar-refractivity contribution in [2.24, 2.45) is 11.7 Å². The Bertz CT molecular complexity index is 456. The molecular formula is C14H17ClN2O. The predicted molar refractivity (Wildman–Crippen MR) is 71.6 cm³/mol. The summed E-state index contributed by atoms with van der Waals surface area (Å²) in [4.78, 5) is 0. The van der Waals surface area contributed by atoms with Crippen LogP contribution in [0.2, 0.25) is 5.02 Å². The van der Waals surface area contributed by atoms with E-state index in [0.717, 1.165) is 18.6 Å². The van der Waals surface area contributed by atoms with Crippen LogP contribution in [0.3, 0.4) is 0 Å². The Morgan fingerprint density at radius 3 is 2.83 bits per heavy atom. The minimum Gasteiger partial charge on any atom is -0.490 e. The van der Waals surface area contributed by atoms with Gasteiger partial charge in [0.15, 0.2) is 0 Å². The highest BCUT2D eigenvalue weighted by Crippen LogP contribution is 2.29. The number of nitrogens with zero attached hydrogens (tertiary/aromatic N) is 1. The molecule has 0 bridgehead atoms. The summed E-state index contributed by atoms with van der Waals surface area (Å²) in [5.74, 6) is 1.15. The average Bonchev–Trinajstić information content (AvgIpc) is 2.39. The van der Waals surface area contributed by atoms with Crippen LogP contribution in [0.4, 0.5) is 0 Å². The topological polar surface area (TPSA) is 59.0 Å². The lowest BCUT2D eigenvalue weighted by Crippen LogP contribution is -2.35. The van der Waals surface area contributed by atoms with Crippen molar-refractivity contribution in [1.29, 1.82) is 5.26 Å². The van der Waals surface area contributed by atoms with E-state index in [4.69, 9.17) is 27.3 Å². The first-order chi connectivity index (χ1) is 8.74. The zero-order valence-electron chi connectivity index (χ0n) is 10.2. The summed E-state index contributed by atoms with van der Waals surface area (Å²) >= 11 is 5.99. The summed E-state index contributed by atoms with van der Waals surface area (Å²) in [7, 11) is 0. The summed E-state index contributed by atoms with van der Waals surface area (Å²) < 4.78 is 5.97. The standard InChI is InChI=1S/C14H17ClN2O/c15-13-7-12(6-5-10(13)8-16)18-14-4-2-1-3-11(14)9-17/h5-7,11,14H,1-4,9,17H2. The minimum atomic E-state index is 0.174. The SMILES string of the molecule is N#Cc1ccc(OC2CCCCC2CN)cc1Cl. The van der Waals surface area contributed by atoms with Crippen molar-refractivity contribution in [3.05, 3.63) is 28.8 Å². The molecule has 4 heteroatoms. The predicted octanol–water partition coefficient (Wildman–Crippen LogP) is 3.11. The van der Waals surface area contributed by atoms with Crippen LogP contribution in [0.25, 0.3) is 0 Å². The lowest BCUT2D eigenvalue weighted by molar-refractivity contribution is 0.0970. The number of nitrogens with two attached hydrogens (primary N) is 1. The number of halogens is 1. The molecule has 3 nitrogen and oxygen atoms in total. The van der Waals surface area contributed by atoms with Gasteiger partial charge in [0.1, 0.15) is 17.9 Å². The minimum absolute atomic E-state index is 0.174. The van der Waals surface area contributed by atoms with Gasteiger partial charge in [-0.05, 0) is 37.9 Å². The molecule has 2 rings (SSSR count). The maximum absolute atomic E-state index is 8.82. The summed E-state index contributed by atoms with van der Waals surface area (Å²) in [6.07, 6.45) is 4.76. The molecule has 0 saturated heterocycles. The summed E-state index contributed by atoms with van der Waals surface area (Å²) in [6.45, 7) is 0.661. The van der Waals surface area contributed by atoms with Gasteiger partial charge >= 0.3 is 0 Å². The van der Waals surface area contributed by atoms with Crippen LogP contribution in [-0.4, -0.2) is 12.6 Å². The van der Waals surface area contributed by atoms with Gasteiger partial charge in [-0.1, -0.05) is 18.0 Å². The van der Waals surface area contributed by atoms with Crippen molar-refractivity contribution >= 4 is 11.6 Å². The van der Waals surface area contributed by atoms with E-state index in [-0.39, 0.29) is 6.10 Å². The van der Waals surface area contributed by atoms with Gasteiger partial charge in [-0.25, -0.2) is 0 Å². The molecule has 1 aromatic rings. The fourth-order valence-corrected chi connectivity index (χ4v) is 2.65. The van der Waals surface area contributed by atoms with Crippen LogP contribution in [0.15, 0.2) is 18.2 Å². The fourth-order valence-electron chi connectivity index (χ4n) is 2.43. The van der Waals surface area contributed by atoms with Crippen molar-refractivity contribution < 1.29 is 4.74 Å². The second-order valence-electron chi connectivity index (χ2n) is 4.69. The molecule has 1 aliphatic rings. The molecule has 0 aromatic heterocycles. The molecule has 1 aromatic carbocycles. The van der Waals surface area contributed by atoms with Gasteiger partial charge < -0.3 is 10.5 Å². The third-order valence-corrected chi connectivity index (χ3v) is 3.80. The first kappa shape index (κ1) is 13.2. The Labute approximate surface area is 112 Å². The van der Waals surface area contributed by atoms with Crippen molar-refractivity contribution in [2.75, 3.05) is 6.54 Å². The number of hydrogen-bond acceptors (Lipinski definition) is 3. The molecule has 1 fully saturated rings. The molecule has 0 aliphatic heterocycles. The first-order valence-electron chi connectivity index (χ1n) is 6.31. The zero-order valence-corrected chi connectivity index (χ0v) is 11.0. The van der Waals surface area contributed by atoms with E-state index in [9.17, 15) is 0 Å². The van der Waals surface area contributed by atoms with E-state index in [2.05, 4.69) is 0 Å². The molecule has 96 valence electrons. The number of benzene rings is 1. The average molecular weight is 265 g/mol. The number of rotatable bonds is 3. The molecule has 2 atom stereocenters. The van der Waals surface area contributed by atoms with Crippen LogP contribution >= 0.6 is 11.6 Å². The maximum Gasteiger partial charge on any atom is 0.121 e. The Kier molecular flexibility index (Phi) is 4.46. The quantitative estimate of drug-likeness (QED) is 0.913. The summed E-state index contributed by atoms with van der Waals surface area (Å²) in [5, 5.41) is 9.26. The molecule has 0 amide bonds. The molecule has 1 saturated carbocycles. The van der Waals surface area contributed by atoms with E-state index < -0.39 is 0 Å². The van der Waals surface area contributed by atoms with Crippen LogP contribution in [0.5, 0.6) is 5.75 Å². The maximum atomic E-state index is 8.82. The molecule has 1 aliphatic carbocycles. The molecule has 0 spiro atoms. The molecule has 18 heavy (non-hydrogen) atoms. The molecular weight excluding hydrogens is 248 g/mol. The van der Waals surface area contributed by atoms with E-state index in [0.29, 0.717) is 23.0 Å². The van der Waals surface area contributed by atoms with Gasteiger partial charge in [0, 0.05) is 12.0 Å². The van der Waals surface area contributed by atoms with Crippen LogP contribution < -0.4 is 10.5 Å². The van der Waals surface area contributed by atoms with E-state index in [1.54, 1.807) is 18.2 Å². The lowest BCUT2D eigenvalue weighted by Gasteiger charge is -2.31. The fraction of sp³-hybridized carbons (Fsp3) is 0.500. The van der Waals surface area contributed by atoms with Crippen molar-refractivity contribution in [3.8, 4) is 11.8 Å². The van der Waals surface area contributed by atoms with Crippen molar-refractivity contribution in [1.82, 2.24) is 0 Å². The number of nitriles is 1. The Morgan fingerprint density at radius 1 is 1.39 bits per heavy atom. The molecule has 0 heterocycles. The lowest BCUT2D eigenvalue weighted by atomic mass is 9.86. The second kappa shape index (κ2) is 6.08. The van der Waals surface area contributed by atoms with Gasteiger partial charge in [0.25, 0.3) is 0 Å². The van der Waals surface area contributed by atoms with Crippen LogP contribution in [-0.2, 0) is 0 Å². The van der Waals surface area contributed by atoms with Crippen LogP contribution in [0.1, 0.15) is 31.2 Å². The molecule has 0 radical (unpaired) electrons. The van der Waals surface area contributed by atoms with E-state index >= 15 is 0 Å². The van der Waals surface area contributed by atoms with E-state index in [1.165, 1.54) is 12.8 Å². The largest absolute Gasteiger partial charge is 0.490 e. The number of ether oxygens (including phenoxy) is 1. The highest BCUT2D eigenvalue weighted by molar-refractivity contribution is 6.31. The Hall–Kier alpha value is -1.24. The first-order valence-corrected chi connectivity index (χ1v) is 6.68. The summed E-state index contributed by atoms with van der Waals surface area (Å²) in [5.41, 5.74) is 6.25.